The molecule has 1 N–H and O–H groups in total. The Balaban J connectivity index is 1.72. The molecular weight excluding hydrogens is 246 g/mol. The van der Waals surface area contributed by atoms with Crippen LogP contribution >= 0.6 is 0 Å². The molecule has 5 nitrogen and oxygen atoms in total. The summed E-state index contributed by atoms with van der Waals surface area (Å²) in [7, 11) is 0. The lowest BCUT2D eigenvalue weighted by Crippen LogP contribution is -2.23. The minimum atomic E-state index is -0.492. The molecular formula is C14H19NO4. The molecule has 0 aromatic heterocycles. The van der Waals surface area contributed by atoms with Crippen molar-refractivity contribution in [3.63, 3.8) is 0 Å². The molecule has 0 radical (unpaired) electrons. The number of carbonyl (C=O) groups is 3. The monoisotopic (exact) mass is 265 g/mol. The lowest BCUT2D eigenvalue weighted by molar-refractivity contribution is -0.145. The number of hydrogen-bond acceptors (Lipinski definition) is 4. The van der Waals surface area contributed by atoms with Crippen LogP contribution in [-0.4, -0.2) is 24.4 Å². The molecule has 1 aliphatic heterocycles. The molecule has 0 atom stereocenters. The molecule has 2 aliphatic rings. The fraction of sp³-hybridized carbons (Fsp3) is 0.643. The molecule has 5 heteroatoms. The highest BCUT2D eigenvalue weighted by atomic mass is 16.5. The van der Waals surface area contributed by atoms with Crippen LogP contribution in [0.5, 0.6) is 0 Å². The normalized spacial score (nSPS) is 26.9. The van der Waals surface area contributed by atoms with Gasteiger partial charge < -0.3 is 4.74 Å². The van der Waals surface area contributed by atoms with E-state index in [1.165, 1.54) is 12.8 Å². The van der Waals surface area contributed by atoms with Crippen molar-refractivity contribution in [2.24, 2.45) is 11.8 Å². The highest BCUT2D eigenvalue weighted by Gasteiger charge is 2.24. The van der Waals surface area contributed by atoms with Crippen molar-refractivity contribution >= 4 is 17.8 Å². The van der Waals surface area contributed by atoms with Crippen molar-refractivity contribution in [3.05, 3.63) is 11.6 Å². The van der Waals surface area contributed by atoms with Crippen molar-refractivity contribution in [3.8, 4) is 0 Å². The number of esters is 1. The van der Waals surface area contributed by atoms with E-state index in [9.17, 15) is 14.4 Å². The largest absolute Gasteiger partial charge is 0.465 e. The van der Waals surface area contributed by atoms with Gasteiger partial charge in [-0.2, -0.15) is 0 Å². The number of amides is 2. The minimum absolute atomic E-state index is 0.124. The summed E-state index contributed by atoms with van der Waals surface area (Å²) in [6, 6.07) is 0. The van der Waals surface area contributed by atoms with Gasteiger partial charge in [0.25, 0.3) is 11.8 Å². The first kappa shape index (κ1) is 13.8. The fourth-order valence-corrected chi connectivity index (χ4v) is 2.50. The number of hydrogen-bond donors (Lipinski definition) is 1. The third kappa shape index (κ3) is 3.91. The van der Waals surface area contributed by atoms with E-state index in [4.69, 9.17) is 4.74 Å². The Bertz CT molecular complexity index is 419. The summed E-state index contributed by atoms with van der Waals surface area (Å²) in [5.74, 6) is -0.185. The number of carbonyl (C=O) groups excluding carboxylic acids is 3. The Morgan fingerprint density at radius 1 is 1.32 bits per heavy atom. The molecule has 1 heterocycles. The zero-order chi connectivity index (χ0) is 13.8. The molecule has 0 bridgehead atoms. The highest BCUT2D eigenvalue weighted by molar-refractivity contribution is 6.17. The molecule has 1 saturated carbocycles. The smallest absolute Gasteiger partial charge is 0.310 e. The maximum absolute atomic E-state index is 11.6. The molecule has 0 aromatic rings. The molecule has 0 saturated heterocycles. The quantitative estimate of drug-likeness (QED) is 0.615. The van der Waals surface area contributed by atoms with E-state index in [1.807, 2.05) is 0 Å². The van der Waals surface area contributed by atoms with Crippen LogP contribution in [0.3, 0.4) is 0 Å². The van der Waals surface area contributed by atoms with Gasteiger partial charge >= 0.3 is 5.97 Å². The van der Waals surface area contributed by atoms with Crippen LogP contribution in [0.25, 0.3) is 0 Å². The average molecular weight is 265 g/mol. The van der Waals surface area contributed by atoms with Crippen LogP contribution in [0.2, 0.25) is 0 Å². The maximum Gasteiger partial charge on any atom is 0.310 e. The molecule has 2 rings (SSSR count). The Kier molecular flexibility index (Phi) is 4.35. The zero-order valence-corrected chi connectivity index (χ0v) is 11.1. The second-order valence-corrected chi connectivity index (χ2v) is 5.47. The van der Waals surface area contributed by atoms with Gasteiger partial charge in [0.1, 0.15) is 0 Å². The summed E-state index contributed by atoms with van der Waals surface area (Å²) in [5, 5.41) is 2.10. The van der Waals surface area contributed by atoms with Gasteiger partial charge in [-0.05, 0) is 24.7 Å². The van der Waals surface area contributed by atoms with Crippen molar-refractivity contribution < 1.29 is 19.1 Å². The van der Waals surface area contributed by atoms with Gasteiger partial charge in [0.15, 0.2) is 0 Å². The van der Waals surface area contributed by atoms with Crippen LogP contribution in [0, 0.1) is 11.8 Å². The molecule has 0 spiro atoms. The number of nitrogens with one attached hydrogen (secondary N) is 1. The Morgan fingerprint density at radius 2 is 2.00 bits per heavy atom. The first-order valence-electron chi connectivity index (χ1n) is 6.76. The number of rotatable bonds is 4. The van der Waals surface area contributed by atoms with Gasteiger partial charge in [-0.25, -0.2) is 0 Å². The first-order valence-corrected chi connectivity index (χ1v) is 6.76. The van der Waals surface area contributed by atoms with Crippen LogP contribution in [-0.2, 0) is 19.1 Å². The van der Waals surface area contributed by atoms with E-state index in [1.54, 1.807) is 0 Å². The average Bonchev–Trinajstić information content (AvgIpc) is 2.67. The van der Waals surface area contributed by atoms with E-state index < -0.39 is 17.8 Å². The summed E-state index contributed by atoms with van der Waals surface area (Å²) in [6.45, 7) is 2.67. The van der Waals surface area contributed by atoms with Crippen molar-refractivity contribution in [2.45, 2.75) is 39.0 Å². The summed E-state index contributed by atoms with van der Waals surface area (Å²) in [4.78, 5) is 33.8. The van der Waals surface area contributed by atoms with Crippen LogP contribution in [0.15, 0.2) is 11.6 Å². The van der Waals surface area contributed by atoms with E-state index in [-0.39, 0.29) is 12.0 Å². The predicted molar refractivity (Wildman–Crippen MR) is 67.9 cm³/mol. The predicted octanol–water partition coefficient (Wildman–Crippen LogP) is 1.33. The second kappa shape index (κ2) is 5.99. The zero-order valence-electron chi connectivity index (χ0n) is 11.1. The van der Waals surface area contributed by atoms with E-state index in [0.29, 0.717) is 12.5 Å². The van der Waals surface area contributed by atoms with E-state index >= 15 is 0 Å². The molecule has 0 unspecified atom stereocenters. The summed E-state index contributed by atoms with van der Waals surface area (Å²) in [5.41, 5.74) is 0.187. The van der Waals surface area contributed by atoms with Gasteiger partial charge in [0, 0.05) is 11.6 Å². The maximum atomic E-state index is 11.6. The van der Waals surface area contributed by atoms with Gasteiger partial charge in [-0.1, -0.05) is 19.8 Å². The summed E-state index contributed by atoms with van der Waals surface area (Å²) < 4.78 is 5.19. The second-order valence-electron chi connectivity index (χ2n) is 5.47. The Labute approximate surface area is 112 Å². The minimum Gasteiger partial charge on any atom is -0.465 e. The highest BCUT2D eigenvalue weighted by Crippen LogP contribution is 2.28. The molecule has 104 valence electrons. The lowest BCUT2D eigenvalue weighted by atomic mass is 9.83. The third-order valence-corrected chi connectivity index (χ3v) is 3.78. The number of ether oxygens (including phenoxy) is 1. The lowest BCUT2D eigenvalue weighted by Gasteiger charge is -2.25. The van der Waals surface area contributed by atoms with Crippen molar-refractivity contribution in [1.29, 1.82) is 0 Å². The van der Waals surface area contributed by atoms with E-state index in [2.05, 4.69) is 12.2 Å². The Morgan fingerprint density at radius 3 is 2.58 bits per heavy atom. The molecule has 0 aromatic carbocycles. The first-order chi connectivity index (χ1) is 9.04. The van der Waals surface area contributed by atoms with Crippen LogP contribution in [0.1, 0.15) is 39.0 Å². The van der Waals surface area contributed by atoms with Gasteiger partial charge in [-0.15, -0.1) is 0 Å². The molecule has 2 amide bonds. The van der Waals surface area contributed by atoms with E-state index in [0.717, 1.165) is 24.8 Å². The van der Waals surface area contributed by atoms with Gasteiger partial charge in [0.05, 0.1) is 13.0 Å². The Hall–Kier alpha value is -1.65. The molecule has 1 aliphatic carbocycles. The fourth-order valence-electron chi connectivity index (χ4n) is 2.50. The standard InChI is InChI=1S/C14H19NO4/c1-9-2-4-10(5-3-9)8-19-13(17)7-11-6-12(16)15-14(11)18/h6,9-10H,2-5,7-8H2,1H3,(H,15,16,18). The van der Waals surface area contributed by atoms with Crippen LogP contribution in [0.4, 0.5) is 0 Å². The molecule has 19 heavy (non-hydrogen) atoms. The summed E-state index contributed by atoms with van der Waals surface area (Å²) in [6.07, 6.45) is 5.59. The summed E-state index contributed by atoms with van der Waals surface area (Å²) >= 11 is 0. The molecule has 1 fully saturated rings. The topological polar surface area (TPSA) is 72.5 Å². The van der Waals surface area contributed by atoms with Crippen LogP contribution < -0.4 is 5.32 Å². The van der Waals surface area contributed by atoms with Gasteiger partial charge in [-0.3, -0.25) is 19.7 Å². The van der Waals surface area contributed by atoms with Crippen molar-refractivity contribution in [2.75, 3.05) is 6.61 Å². The van der Waals surface area contributed by atoms with Gasteiger partial charge in [0.2, 0.25) is 0 Å². The van der Waals surface area contributed by atoms with Crippen molar-refractivity contribution in [1.82, 2.24) is 5.32 Å². The third-order valence-electron chi connectivity index (χ3n) is 3.78. The number of imide groups is 1. The SMILES string of the molecule is CC1CCC(COC(=O)CC2=CC(=O)NC2=O)CC1.